The summed E-state index contributed by atoms with van der Waals surface area (Å²) in [5.74, 6) is -0.908. The van der Waals surface area contributed by atoms with Crippen LogP contribution >= 0.6 is 0 Å². The number of carboxylic acids is 1. The molecule has 0 aromatic heterocycles. The highest BCUT2D eigenvalue weighted by molar-refractivity contribution is 5.78. The average molecular weight is 225 g/mol. The summed E-state index contributed by atoms with van der Waals surface area (Å²) in [5.41, 5.74) is -0.496. The Bertz CT molecular complexity index is 280. The first-order valence-corrected chi connectivity index (χ1v) is 5.72. The second kappa shape index (κ2) is 5.68. The maximum atomic E-state index is 11.6. The van der Waals surface area contributed by atoms with Crippen LogP contribution in [-0.4, -0.2) is 22.5 Å². The van der Waals surface area contributed by atoms with Crippen molar-refractivity contribution < 1.29 is 14.7 Å². The summed E-state index contributed by atoms with van der Waals surface area (Å²) in [5, 5.41) is 11.8. The van der Waals surface area contributed by atoms with Crippen LogP contribution in [0.4, 0.5) is 0 Å². The van der Waals surface area contributed by atoms with E-state index < -0.39 is 11.5 Å². The normalized spacial score (nSPS) is 18.0. The van der Waals surface area contributed by atoms with Crippen LogP contribution in [0.5, 0.6) is 0 Å². The van der Waals surface area contributed by atoms with Gasteiger partial charge < -0.3 is 10.4 Å². The van der Waals surface area contributed by atoms with Gasteiger partial charge in [0.1, 0.15) is 0 Å². The number of rotatable bonds is 6. The third-order valence-corrected chi connectivity index (χ3v) is 3.03. The molecular formula is C12H19NO3. The van der Waals surface area contributed by atoms with E-state index >= 15 is 0 Å². The lowest BCUT2D eigenvalue weighted by atomic mass is 9.93. The van der Waals surface area contributed by atoms with Crippen molar-refractivity contribution in [2.75, 3.05) is 0 Å². The first kappa shape index (κ1) is 12.7. The van der Waals surface area contributed by atoms with Gasteiger partial charge >= 0.3 is 5.97 Å². The van der Waals surface area contributed by atoms with Gasteiger partial charge in [-0.15, -0.1) is 6.58 Å². The molecule has 0 radical (unpaired) electrons. The zero-order valence-electron chi connectivity index (χ0n) is 9.50. The van der Waals surface area contributed by atoms with Crippen molar-refractivity contribution in [3.63, 3.8) is 0 Å². The third-order valence-electron chi connectivity index (χ3n) is 3.03. The van der Waals surface area contributed by atoms with Crippen LogP contribution < -0.4 is 5.32 Å². The van der Waals surface area contributed by atoms with Crippen molar-refractivity contribution in [1.29, 1.82) is 0 Å². The summed E-state index contributed by atoms with van der Waals surface area (Å²) >= 11 is 0. The lowest BCUT2D eigenvalue weighted by Crippen LogP contribution is -2.47. The highest BCUT2D eigenvalue weighted by Gasteiger charge is 2.37. The number of carbonyl (C=O) groups is 2. The number of hydrogen-bond acceptors (Lipinski definition) is 2. The second-order valence-electron chi connectivity index (χ2n) is 4.43. The first-order chi connectivity index (χ1) is 7.58. The van der Waals surface area contributed by atoms with Gasteiger partial charge in [-0.2, -0.15) is 0 Å². The number of carboxylic acid groups (broad SMARTS) is 1. The summed E-state index contributed by atoms with van der Waals surface area (Å²) in [6, 6.07) is 0. The molecule has 0 aliphatic heterocycles. The topological polar surface area (TPSA) is 66.4 Å². The van der Waals surface area contributed by atoms with E-state index in [4.69, 9.17) is 5.11 Å². The fourth-order valence-corrected chi connectivity index (χ4v) is 2.28. The predicted octanol–water partition coefficient (Wildman–Crippen LogP) is 1.86. The van der Waals surface area contributed by atoms with Crippen LogP contribution in [0, 0.1) is 0 Å². The van der Waals surface area contributed by atoms with Gasteiger partial charge in [0, 0.05) is 6.42 Å². The highest BCUT2D eigenvalue weighted by Crippen LogP contribution is 2.32. The molecule has 0 atom stereocenters. The molecule has 1 rings (SSSR count). The van der Waals surface area contributed by atoms with Crippen molar-refractivity contribution in [1.82, 2.24) is 5.32 Å². The smallest absolute Gasteiger partial charge is 0.305 e. The van der Waals surface area contributed by atoms with Gasteiger partial charge in [0.2, 0.25) is 5.91 Å². The molecule has 2 N–H and O–H groups in total. The molecule has 4 heteroatoms. The van der Waals surface area contributed by atoms with Crippen molar-refractivity contribution in [3.8, 4) is 0 Å². The highest BCUT2D eigenvalue weighted by atomic mass is 16.4. The summed E-state index contributed by atoms with van der Waals surface area (Å²) in [7, 11) is 0. The number of nitrogens with one attached hydrogen (secondary N) is 1. The van der Waals surface area contributed by atoms with Gasteiger partial charge in [0.25, 0.3) is 0 Å². The fourth-order valence-electron chi connectivity index (χ4n) is 2.28. The van der Waals surface area contributed by atoms with Crippen molar-refractivity contribution in [2.45, 2.75) is 50.5 Å². The number of amides is 1. The Kier molecular flexibility index (Phi) is 4.52. The molecule has 1 aliphatic carbocycles. The Morgan fingerprint density at radius 3 is 2.50 bits per heavy atom. The van der Waals surface area contributed by atoms with Crippen molar-refractivity contribution >= 4 is 11.9 Å². The van der Waals surface area contributed by atoms with Gasteiger partial charge in [-0.1, -0.05) is 18.9 Å². The van der Waals surface area contributed by atoms with Gasteiger partial charge in [-0.25, -0.2) is 0 Å². The summed E-state index contributed by atoms with van der Waals surface area (Å²) in [6.45, 7) is 3.56. The lowest BCUT2D eigenvalue weighted by Gasteiger charge is -2.28. The van der Waals surface area contributed by atoms with Crippen LogP contribution in [0.25, 0.3) is 0 Å². The molecule has 0 bridgehead atoms. The maximum Gasteiger partial charge on any atom is 0.305 e. The zero-order chi connectivity index (χ0) is 12.0. The van der Waals surface area contributed by atoms with Gasteiger partial charge in [-0.05, 0) is 19.3 Å². The number of hydrogen-bond donors (Lipinski definition) is 2. The molecule has 0 unspecified atom stereocenters. The monoisotopic (exact) mass is 225 g/mol. The minimum Gasteiger partial charge on any atom is -0.481 e. The van der Waals surface area contributed by atoms with E-state index in [1.807, 2.05) is 0 Å². The van der Waals surface area contributed by atoms with E-state index in [0.717, 1.165) is 25.7 Å². The number of aliphatic carboxylic acids is 1. The van der Waals surface area contributed by atoms with E-state index in [2.05, 4.69) is 11.9 Å². The average Bonchev–Trinajstić information content (AvgIpc) is 2.62. The molecule has 16 heavy (non-hydrogen) atoms. The quantitative estimate of drug-likeness (QED) is 0.678. The van der Waals surface area contributed by atoms with E-state index in [9.17, 15) is 9.59 Å². The fraction of sp³-hybridized carbons (Fsp3) is 0.667. The minimum absolute atomic E-state index is 0.0346. The van der Waals surface area contributed by atoms with E-state index in [1.54, 1.807) is 6.08 Å². The Hall–Kier alpha value is -1.32. The molecule has 4 nitrogen and oxygen atoms in total. The zero-order valence-corrected chi connectivity index (χ0v) is 9.50. The SMILES string of the molecule is C=CCCC(=O)NC1(CC(=O)O)CCCC1. The third kappa shape index (κ3) is 3.68. The van der Waals surface area contributed by atoms with Crippen molar-refractivity contribution in [2.24, 2.45) is 0 Å². The number of allylic oxidation sites excluding steroid dienone is 1. The molecule has 1 aliphatic rings. The molecule has 0 aromatic rings. The molecule has 1 amide bonds. The van der Waals surface area contributed by atoms with Gasteiger partial charge in [0.15, 0.2) is 0 Å². The number of carbonyl (C=O) groups excluding carboxylic acids is 1. The van der Waals surface area contributed by atoms with E-state index in [0.29, 0.717) is 12.8 Å². The Balaban J connectivity index is 2.53. The molecular weight excluding hydrogens is 206 g/mol. The molecule has 0 saturated heterocycles. The second-order valence-corrected chi connectivity index (χ2v) is 4.43. The standard InChI is InChI=1S/C12H19NO3/c1-2-3-6-10(14)13-12(9-11(15)16)7-4-5-8-12/h2H,1,3-9H2,(H,13,14)(H,15,16). The summed E-state index contributed by atoms with van der Waals surface area (Å²) < 4.78 is 0. The van der Waals surface area contributed by atoms with Crippen LogP contribution in [0.3, 0.4) is 0 Å². The molecule has 0 heterocycles. The summed E-state index contributed by atoms with van der Waals surface area (Å²) in [6.07, 6.45) is 6.30. The van der Waals surface area contributed by atoms with Gasteiger partial charge in [-0.3, -0.25) is 9.59 Å². The Morgan fingerprint density at radius 1 is 1.38 bits per heavy atom. The van der Waals surface area contributed by atoms with Crippen molar-refractivity contribution in [3.05, 3.63) is 12.7 Å². The van der Waals surface area contributed by atoms with Crippen LogP contribution in [0.2, 0.25) is 0 Å². The minimum atomic E-state index is -0.842. The Morgan fingerprint density at radius 2 is 2.00 bits per heavy atom. The van der Waals surface area contributed by atoms with Crippen LogP contribution in [-0.2, 0) is 9.59 Å². The lowest BCUT2D eigenvalue weighted by molar-refractivity contribution is -0.139. The van der Waals surface area contributed by atoms with Gasteiger partial charge in [0.05, 0.1) is 12.0 Å². The maximum absolute atomic E-state index is 11.6. The van der Waals surface area contributed by atoms with E-state index in [1.165, 1.54) is 0 Å². The summed E-state index contributed by atoms with van der Waals surface area (Å²) in [4.78, 5) is 22.4. The first-order valence-electron chi connectivity index (χ1n) is 5.72. The largest absolute Gasteiger partial charge is 0.481 e. The molecule has 0 aromatic carbocycles. The Labute approximate surface area is 95.7 Å². The molecule has 1 fully saturated rings. The molecule has 90 valence electrons. The van der Waals surface area contributed by atoms with Crippen LogP contribution in [0.15, 0.2) is 12.7 Å². The molecule has 1 saturated carbocycles. The van der Waals surface area contributed by atoms with E-state index in [-0.39, 0.29) is 12.3 Å². The van der Waals surface area contributed by atoms with Crippen LogP contribution in [0.1, 0.15) is 44.9 Å². The molecule has 0 spiro atoms. The predicted molar refractivity (Wildman–Crippen MR) is 61.0 cm³/mol.